The molecule has 0 aliphatic heterocycles. The van der Waals surface area contributed by atoms with E-state index < -0.39 is 10.0 Å². The highest BCUT2D eigenvalue weighted by molar-refractivity contribution is 7.91. The zero-order valence-corrected chi connectivity index (χ0v) is 17.5. The number of hydrogen-bond donors (Lipinski definition) is 1. The SMILES string of the molecule is CCc1csc(-c2csc(S(=O)(=O)NCc3ccc(C(C)C)cc3)c2)n1. The molecule has 26 heavy (non-hydrogen) atoms. The standard InChI is InChI=1S/C19H22N2O2S3/c1-4-17-12-25-19(21-17)16-9-18(24-11-16)26(22,23)20-10-14-5-7-15(8-6-14)13(2)3/h5-9,11-13,20H,4,10H2,1-3H3. The van der Waals surface area contributed by atoms with E-state index in [-0.39, 0.29) is 6.54 Å². The van der Waals surface area contributed by atoms with Crippen LogP contribution in [-0.2, 0) is 23.0 Å². The smallest absolute Gasteiger partial charge is 0.241 e. The van der Waals surface area contributed by atoms with E-state index in [1.165, 1.54) is 16.9 Å². The summed E-state index contributed by atoms with van der Waals surface area (Å²) in [6.07, 6.45) is 0.878. The fourth-order valence-electron chi connectivity index (χ4n) is 2.44. The molecular formula is C19H22N2O2S3. The molecule has 0 bridgehead atoms. The zero-order valence-electron chi connectivity index (χ0n) is 15.0. The molecule has 0 fully saturated rings. The predicted molar refractivity (Wildman–Crippen MR) is 109 cm³/mol. The fourth-order valence-corrected chi connectivity index (χ4v) is 5.63. The van der Waals surface area contributed by atoms with Gasteiger partial charge < -0.3 is 0 Å². The van der Waals surface area contributed by atoms with Crippen molar-refractivity contribution in [3.8, 4) is 10.6 Å². The molecule has 3 aromatic rings. The summed E-state index contributed by atoms with van der Waals surface area (Å²) in [6, 6.07) is 9.74. The summed E-state index contributed by atoms with van der Waals surface area (Å²) in [5.74, 6) is 0.462. The van der Waals surface area contributed by atoms with E-state index in [4.69, 9.17) is 0 Å². The minimum Gasteiger partial charge on any atom is -0.241 e. The molecular weight excluding hydrogens is 384 g/mol. The van der Waals surface area contributed by atoms with Crippen LogP contribution in [0.1, 0.15) is 43.5 Å². The minimum absolute atomic E-state index is 0.283. The van der Waals surface area contributed by atoms with Gasteiger partial charge in [0.1, 0.15) is 9.22 Å². The maximum absolute atomic E-state index is 12.6. The largest absolute Gasteiger partial charge is 0.250 e. The van der Waals surface area contributed by atoms with Gasteiger partial charge in [0.15, 0.2) is 0 Å². The van der Waals surface area contributed by atoms with E-state index in [0.717, 1.165) is 28.2 Å². The summed E-state index contributed by atoms with van der Waals surface area (Å²) < 4.78 is 28.1. The summed E-state index contributed by atoms with van der Waals surface area (Å²) in [6.45, 7) is 6.61. The molecule has 0 amide bonds. The lowest BCUT2D eigenvalue weighted by atomic mass is 10.0. The van der Waals surface area contributed by atoms with Crippen LogP contribution in [0.3, 0.4) is 0 Å². The number of rotatable bonds is 7. The first-order chi connectivity index (χ1) is 12.4. The maximum Gasteiger partial charge on any atom is 0.250 e. The zero-order chi connectivity index (χ0) is 18.7. The molecule has 3 rings (SSSR count). The van der Waals surface area contributed by atoms with Crippen molar-refractivity contribution >= 4 is 32.7 Å². The summed E-state index contributed by atoms with van der Waals surface area (Å²) >= 11 is 2.77. The van der Waals surface area contributed by atoms with E-state index in [9.17, 15) is 8.42 Å². The summed E-state index contributed by atoms with van der Waals surface area (Å²) in [5.41, 5.74) is 4.08. The number of benzene rings is 1. The number of thiophene rings is 1. The molecule has 0 atom stereocenters. The van der Waals surface area contributed by atoms with Crippen LogP contribution in [0.4, 0.5) is 0 Å². The van der Waals surface area contributed by atoms with Gasteiger partial charge in [-0.15, -0.1) is 22.7 Å². The van der Waals surface area contributed by atoms with Gasteiger partial charge in [-0.3, -0.25) is 0 Å². The van der Waals surface area contributed by atoms with E-state index in [0.29, 0.717) is 10.1 Å². The second-order valence-electron chi connectivity index (χ2n) is 6.37. The van der Waals surface area contributed by atoms with Crippen molar-refractivity contribution in [1.82, 2.24) is 9.71 Å². The molecule has 0 saturated heterocycles. The highest BCUT2D eigenvalue weighted by Crippen LogP contribution is 2.30. The number of nitrogens with one attached hydrogen (secondary N) is 1. The van der Waals surface area contributed by atoms with Crippen LogP contribution in [0, 0.1) is 0 Å². The van der Waals surface area contributed by atoms with Crippen LogP contribution < -0.4 is 4.72 Å². The lowest BCUT2D eigenvalue weighted by molar-refractivity contribution is 0.583. The summed E-state index contributed by atoms with van der Waals surface area (Å²) in [5, 5.41) is 4.73. The third-order valence-electron chi connectivity index (χ3n) is 4.11. The average Bonchev–Trinajstić information content (AvgIpc) is 3.29. The van der Waals surface area contributed by atoms with E-state index in [1.54, 1.807) is 17.4 Å². The lowest BCUT2D eigenvalue weighted by Gasteiger charge is -2.08. The fraction of sp³-hybridized carbons (Fsp3) is 0.316. The second-order valence-corrected chi connectivity index (χ2v) is 10.1. The lowest BCUT2D eigenvalue weighted by Crippen LogP contribution is -2.22. The Morgan fingerprint density at radius 2 is 1.85 bits per heavy atom. The molecule has 138 valence electrons. The molecule has 1 aromatic carbocycles. The van der Waals surface area contributed by atoms with E-state index in [2.05, 4.69) is 30.5 Å². The number of nitrogens with zero attached hydrogens (tertiary/aromatic N) is 1. The Balaban J connectivity index is 1.70. The number of sulfonamides is 1. The monoisotopic (exact) mass is 406 g/mol. The molecule has 0 aliphatic rings. The number of aromatic nitrogens is 1. The van der Waals surface area contributed by atoms with Gasteiger partial charge in [-0.2, -0.15) is 0 Å². The van der Waals surface area contributed by atoms with Crippen LogP contribution in [0.2, 0.25) is 0 Å². The van der Waals surface area contributed by atoms with Gasteiger partial charge in [0.2, 0.25) is 10.0 Å². The average molecular weight is 407 g/mol. The minimum atomic E-state index is -3.53. The van der Waals surface area contributed by atoms with Crippen molar-refractivity contribution in [3.05, 3.63) is 57.9 Å². The first kappa shape index (κ1) is 19.2. The number of hydrogen-bond acceptors (Lipinski definition) is 5. The van der Waals surface area contributed by atoms with Gasteiger partial charge in [0.05, 0.1) is 5.69 Å². The van der Waals surface area contributed by atoms with Crippen LogP contribution in [0.25, 0.3) is 10.6 Å². The molecule has 4 nitrogen and oxygen atoms in total. The Labute approximate surface area is 163 Å². The highest BCUT2D eigenvalue weighted by atomic mass is 32.2. The Hall–Kier alpha value is -1.54. The van der Waals surface area contributed by atoms with Gasteiger partial charge in [-0.1, -0.05) is 45.0 Å². The van der Waals surface area contributed by atoms with E-state index >= 15 is 0 Å². The molecule has 0 radical (unpaired) electrons. The molecule has 0 spiro atoms. The van der Waals surface area contributed by atoms with Gasteiger partial charge in [-0.25, -0.2) is 18.1 Å². The molecule has 0 aliphatic carbocycles. The Morgan fingerprint density at radius 1 is 1.12 bits per heavy atom. The van der Waals surface area contributed by atoms with Crippen molar-refractivity contribution in [2.45, 2.75) is 43.9 Å². The van der Waals surface area contributed by atoms with E-state index in [1.807, 2.05) is 35.0 Å². The van der Waals surface area contributed by atoms with Crippen LogP contribution in [0.5, 0.6) is 0 Å². The molecule has 0 unspecified atom stereocenters. The molecule has 0 saturated carbocycles. The van der Waals surface area contributed by atoms with Crippen LogP contribution in [0.15, 0.2) is 45.3 Å². The Morgan fingerprint density at radius 3 is 2.46 bits per heavy atom. The Kier molecular flexibility index (Phi) is 5.92. The van der Waals surface area contributed by atoms with Gasteiger partial charge in [-0.05, 0) is 29.5 Å². The number of aryl methyl sites for hydroxylation is 1. The molecule has 2 heterocycles. The van der Waals surface area contributed by atoms with Crippen molar-refractivity contribution < 1.29 is 8.42 Å². The topological polar surface area (TPSA) is 59.1 Å². The van der Waals surface area contributed by atoms with Gasteiger partial charge >= 0.3 is 0 Å². The van der Waals surface area contributed by atoms with Gasteiger partial charge in [0.25, 0.3) is 0 Å². The quantitative estimate of drug-likeness (QED) is 0.598. The maximum atomic E-state index is 12.6. The van der Waals surface area contributed by atoms with Crippen molar-refractivity contribution in [3.63, 3.8) is 0 Å². The number of thiazole rings is 1. The third kappa shape index (κ3) is 4.40. The first-order valence-corrected chi connectivity index (χ1v) is 11.7. The van der Waals surface area contributed by atoms with Crippen LogP contribution >= 0.6 is 22.7 Å². The molecule has 1 N–H and O–H groups in total. The van der Waals surface area contributed by atoms with Gasteiger partial charge in [0, 0.05) is 22.9 Å². The molecule has 2 aromatic heterocycles. The third-order valence-corrected chi connectivity index (χ3v) is 7.89. The Bertz CT molecular complexity index is 970. The first-order valence-electron chi connectivity index (χ1n) is 8.51. The normalized spacial score (nSPS) is 12.0. The van der Waals surface area contributed by atoms with Crippen molar-refractivity contribution in [2.24, 2.45) is 0 Å². The predicted octanol–water partition coefficient (Wildman–Crippen LogP) is 5.04. The summed E-state index contributed by atoms with van der Waals surface area (Å²) in [4.78, 5) is 4.52. The summed E-state index contributed by atoms with van der Waals surface area (Å²) in [7, 11) is -3.53. The second kappa shape index (κ2) is 8.00. The van der Waals surface area contributed by atoms with Crippen molar-refractivity contribution in [2.75, 3.05) is 0 Å². The van der Waals surface area contributed by atoms with Crippen molar-refractivity contribution in [1.29, 1.82) is 0 Å². The van der Waals surface area contributed by atoms with Crippen LogP contribution in [-0.4, -0.2) is 13.4 Å². The molecule has 7 heteroatoms. The highest BCUT2D eigenvalue weighted by Gasteiger charge is 2.18.